The van der Waals surface area contributed by atoms with E-state index in [1.807, 2.05) is 6.07 Å². The Balaban J connectivity index is 1.83. The summed E-state index contributed by atoms with van der Waals surface area (Å²) in [4.78, 5) is 7.21. The fraction of sp³-hybridized carbons (Fsp3) is 0.579. The summed E-state index contributed by atoms with van der Waals surface area (Å²) in [5, 5.41) is 4.81. The average molecular weight is 328 g/mol. The van der Waals surface area contributed by atoms with Crippen molar-refractivity contribution in [3.8, 4) is 0 Å². The fourth-order valence-corrected chi connectivity index (χ4v) is 3.12. The first kappa shape index (κ1) is 17.1. The number of likely N-dealkylation sites (N-methyl/N-ethyl adjacent to an activating group) is 1. The van der Waals surface area contributed by atoms with Crippen LogP contribution in [0.4, 0.5) is 0 Å². The predicted molar refractivity (Wildman–Crippen MR) is 95.0 cm³/mol. The molecule has 0 amide bonds. The van der Waals surface area contributed by atoms with Crippen molar-refractivity contribution >= 4 is 0 Å². The van der Waals surface area contributed by atoms with Gasteiger partial charge < -0.3 is 4.74 Å². The molecule has 1 aromatic heterocycles. The van der Waals surface area contributed by atoms with Gasteiger partial charge in [0.25, 0.3) is 0 Å². The van der Waals surface area contributed by atoms with Crippen LogP contribution >= 0.6 is 0 Å². The number of rotatable bonds is 7. The molecule has 3 rings (SSSR count). The van der Waals surface area contributed by atoms with Gasteiger partial charge in [-0.05, 0) is 19.0 Å². The van der Waals surface area contributed by atoms with E-state index in [1.165, 1.54) is 18.4 Å². The minimum Gasteiger partial charge on any atom is -0.378 e. The standard InChI is InChI=1S/C19H28N4O/c1-3-4-6-11-18-20-19(17-15-24-13-12-22(17)2)23(21-18)14-16-9-7-5-8-10-16/h5,7-10,17H,3-4,6,11-15H2,1-2H3/t17-/m1/s1. The van der Waals surface area contributed by atoms with Crippen LogP contribution in [0.3, 0.4) is 0 Å². The van der Waals surface area contributed by atoms with E-state index in [2.05, 4.69) is 47.8 Å². The normalized spacial score (nSPS) is 18.8. The van der Waals surface area contributed by atoms with E-state index in [0.29, 0.717) is 6.61 Å². The minimum atomic E-state index is 0.190. The second-order valence-electron chi connectivity index (χ2n) is 6.56. The highest BCUT2D eigenvalue weighted by atomic mass is 16.5. The van der Waals surface area contributed by atoms with Crippen molar-refractivity contribution in [2.75, 3.05) is 26.8 Å². The largest absolute Gasteiger partial charge is 0.378 e. The molecule has 1 saturated heterocycles. The van der Waals surface area contributed by atoms with Gasteiger partial charge in [0.1, 0.15) is 5.82 Å². The molecular formula is C19H28N4O. The van der Waals surface area contributed by atoms with Gasteiger partial charge >= 0.3 is 0 Å². The third kappa shape index (κ3) is 4.22. The number of nitrogens with zero attached hydrogens (tertiary/aromatic N) is 4. The van der Waals surface area contributed by atoms with Gasteiger partial charge in [0.2, 0.25) is 0 Å². The highest BCUT2D eigenvalue weighted by Gasteiger charge is 2.27. The van der Waals surface area contributed by atoms with Crippen LogP contribution in [0.15, 0.2) is 30.3 Å². The highest BCUT2D eigenvalue weighted by molar-refractivity contribution is 5.16. The molecule has 1 aromatic carbocycles. The molecule has 0 saturated carbocycles. The Kier molecular flexibility index (Phi) is 5.99. The summed E-state index contributed by atoms with van der Waals surface area (Å²) in [7, 11) is 2.14. The lowest BCUT2D eigenvalue weighted by atomic mass is 10.2. The van der Waals surface area contributed by atoms with Crippen molar-refractivity contribution in [2.45, 2.75) is 45.2 Å². The Labute approximate surface area is 144 Å². The number of ether oxygens (including phenoxy) is 1. The third-order valence-corrected chi connectivity index (χ3v) is 4.62. The van der Waals surface area contributed by atoms with Crippen molar-refractivity contribution in [1.29, 1.82) is 0 Å². The van der Waals surface area contributed by atoms with Crippen molar-refractivity contribution in [3.05, 3.63) is 47.5 Å². The Morgan fingerprint density at radius 2 is 2.04 bits per heavy atom. The van der Waals surface area contributed by atoms with E-state index in [0.717, 1.165) is 44.2 Å². The molecule has 0 aliphatic carbocycles. The lowest BCUT2D eigenvalue weighted by Gasteiger charge is -2.31. The number of hydrogen-bond acceptors (Lipinski definition) is 4. The van der Waals surface area contributed by atoms with Gasteiger partial charge in [-0.15, -0.1) is 0 Å². The zero-order valence-corrected chi connectivity index (χ0v) is 14.8. The van der Waals surface area contributed by atoms with Crippen LogP contribution in [0.25, 0.3) is 0 Å². The summed E-state index contributed by atoms with van der Waals surface area (Å²) in [6, 6.07) is 10.7. The molecule has 130 valence electrons. The van der Waals surface area contributed by atoms with Crippen molar-refractivity contribution in [2.24, 2.45) is 0 Å². The van der Waals surface area contributed by atoms with Crippen LogP contribution in [-0.4, -0.2) is 46.5 Å². The van der Waals surface area contributed by atoms with E-state index < -0.39 is 0 Å². The van der Waals surface area contributed by atoms with Crippen LogP contribution < -0.4 is 0 Å². The summed E-state index contributed by atoms with van der Waals surface area (Å²) in [5.41, 5.74) is 1.25. The number of aromatic nitrogens is 3. The lowest BCUT2D eigenvalue weighted by molar-refractivity contribution is 0.000327. The summed E-state index contributed by atoms with van der Waals surface area (Å²) in [6.45, 7) is 5.41. The Bertz CT molecular complexity index is 626. The first-order chi connectivity index (χ1) is 11.8. The molecule has 0 radical (unpaired) electrons. The molecule has 0 unspecified atom stereocenters. The number of aryl methyl sites for hydroxylation is 1. The minimum absolute atomic E-state index is 0.190. The molecule has 0 N–H and O–H groups in total. The van der Waals surface area contributed by atoms with Crippen molar-refractivity contribution < 1.29 is 4.74 Å². The van der Waals surface area contributed by atoms with Gasteiger partial charge in [0.15, 0.2) is 5.82 Å². The van der Waals surface area contributed by atoms with Crippen LogP contribution in [0.1, 0.15) is 49.4 Å². The van der Waals surface area contributed by atoms with Gasteiger partial charge in [0, 0.05) is 13.0 Å². The van der Waals surface area contributed by atoms with Gasteiger partial charge in [-0.1, -0.05) is 50.1 Å². The second kappa shape index (κ2) is 8.40. The van der Waals surface area contributed by atoms with E-state index in [1.54, 1.807) is 0 Å². The first-order valence-corrected chi connectivity index (χ1v) is 9.03. The quantitative estimate of drug-likeness (QED) is 0.733. The van der Waals surface area contributed by atoms with Crippen LogP contribution in [0, 0.1) is 0 Å². The smallest absolute Gasteiger partial charge is 0.151 e. The van der Waals surface area contributed by atoms with Gasteiger partial charge in [-0.3, -0.25) is 4.90 Å². The van der Waals surface area contributed by atoms with E-state index in [9.17, 15) is 0 Å². The summed E-state index contributed by atoms with van der Waals surface area (Å²) in [5.74, 6) is 2.00. The van der Waals surface area contributed by atoms with Gasteiger partial charge in [-0.2, -0.15) is 5.10 Å². The molecule has 2 aromatic rings. The second-order valence-corrected chi connectivity index (χ2v) is 6.56. The number of unbranched alkanes of at least 4 members (excludes halogenated alkanes) is 2. The highest BCUT2D eigenvalue weighted by Crippen LogP contribution is 2.22. The number of hydrogen-bond donors (Lipinski definition) is 0. The lowest BCUT2D eigenvalue weighted by Crippen LogP contribution is -2.38. The van der Waals surface area contributed by atoms with Crippen LogP contribution in [0.2, 0.25) is 0 Å². The maximum Gasteiger partial charge on any atom is 0.151 e. The Morgan fingerprint density at radius 3 is 2.79 bits per heavy atom. The molecule has 1 aliphatic rings. The zero-order chi connectivity index (χ0) is 16.8. The average Bonchev–Trinajstić information content (AvgIpc) is 2.99. The number of benzene rings is 1. The zero-order valence-electron chi connectivity index (χ0n) is 14.8. The molecule has 5 nitrogen and oxygen atoms in total. The van der Waals surface area contributed by atoms with E-state index in [4.69, 9.17) is 14.8 Å². The molecule has 1 atom stereocenters. The van der Waals surface area contributed by atoms with E-state index >= 15 is 0 Å². The fourth-order valence-electron chi connectivity index (χ4n) is 3.12. The molecule has 0 spiro atoms. The molecule has 24 heavy (non-hydrogen) atoms. The summed E-state index contributed by atoms with van der Waals surface area (Å²) < 4.78 is 7.77. The summed E-state index contributed by atoms with van der Waals surface area (Å²) in [6.07, 6.45) is 4.56. The molecule has 0 bridgehead atoms. The third-order valence-electron chi connectivity index (χ3n) is 4.62. The summed E-state index contributed by atoms with van der Waals surface area (Å²) >= 11 is 0. The van der Waals surface area contributed by atoms with Crippen LogP contribution in [0.5, 0.6) is 0 Å². The maximum absolute atomic E-state index is 5.70. The Morgan fingerprint density at radius 1 is 1.21 bits per heavy atom. The first-order valence-electron chi connectivity index (χ1n) is 9.03. The topological polar surface area (TPSA) is 43.2 Å². The molecule has 5 heteroatoms. The molecular weight excluding hydrogens is 300 g/mol. The Hall–Kier alpha value is -1.72. The SMILES string of the molecule is CCCCCc1nc([C@H]2COCCN2C)n(Cc2ccccc2)n1. The monoisotopic (exact) mass is 328 g/mol. The predicted octanol–water partition coefficient (Wildman–Crippen LogP) is 3.06. The van der Waals surface area contributed by atoms with Crippen molar-refractivity contribution in [3.63, 3.8) is 0 Å². The van der Waals surface area contributed by atoms with Gasteiger partial charge in [-0.25, -0.2) is 9.67 Å². The molecule has 1 aliphatic heterocycles. The maximum atomic E-state index is 5.70. The molecule has 1 fully saturated rings. The van der Waals surface area contributed by atoms with Crippen molar-refractivity contribution in [1.82, 2.24) is 19.7 Å². The molecule has 2 heterocycles. The van der Waals surface area contributed by atoms with Crippen LogP contribution in [-0.2, 0) is 17.7 Å². The van der Waals surface area contributed by atoms with E-state index in [-0.39, 0.29) is 6.04 Å². The van der Waals surface area contributed by atoms with Gasteiger partial charge in [0.05, 0.1) is 25.8 Å². The number of morpholine rings is 1.